The van der Waals surface area contributed by atoms with Crippen LogP contribution in [-0.2, 0) is 5.41 Å². The summed E-state index contributed by atoms with van der Waals surface area (Å²) < 4.78 is 2.29. The average Bonchev–Trinajstić information content (AvgIpc) is 3.69. The fourth-order valence-corrected chi connectivity index (χ4v) is 8.91. The highest BCUT2D eigenvalue weighted by atomic mass is 15.2. The molecule has 0 radical (unpaired) electrons. The van der Waals surface area contributed by atoms with Gasteiger partial charge in [-0.1, -0.05) is 115 Å². The molecule has 1 spiro atoms. The summed E-state index contributed by atoms with van der Waals surface area (Å²) in [5.41, 5.74) is 14.9. The van der Waals surface area contributed by atoms with Crippen molar-refractivity contribution in [3.05, 3.63) is 205 Å². The predicted octanol–water partition coefficient (Wildman–Crippen LogP) is 11.4. The summed E-state index contributed by atoms with van der Waals surface area (Å²) in [7, 11) is 0. The molecule has 1 aliphatic carbocycles. The molecular weight excluding hydrogens is 621 g/mol. The van der Waals surface area contributed by atoms with Gasteiger partial charge >= 0.3 is 0 Å². The Morgan fingerprint density at radius 3 is 1.84 bits per heavy atom. The van der Waals surface area contributed by atoms with Gasteiger partial charge in [-0.25, -0.2) is 4.98 Å². The number of rotatable bonds is 3. The molecule has 4 heteroatoms. The molecule has 2 aliphatic rings. The lowest BCUT2D eigenvalue weighted by molar-refractivity contribution is 0.753. The third kappa shape index (κ3) is 3.79. The van der Waals surface area contributed by atoms with Crippen molar-refractivity contribution in [2.45, 2.75) is 5.41 Å². The van der Waals surface area contributed by atoms with Crippen LogP contribution in [0.1, 0.15) is 22.3 Å². The van der Waals surface area contributed by atoms with Crippen molar-refractivity contribution < 1.29 is 0 Å². The normalized spacial score (nSPS) is 13.6. The Labute approximate surface area is 295 Å². The molecule has 9 aromatic rings. The Morgan fingerprint density at radius 1 is 0.431 bits per heavy atom. The summed E-state index contributed by atoms with van der Waals surface area (Å²) in [5, 5.41) is 2.41. The minimum atomic E-state index is -0.495. The van der Waals surface area contributed by atoms with E-state index in [1.54, 1.807) is 0 Å². The Morgan fingerprint density at radius 2 is 1.08 bits per heavy atom. The average molecular weight is 651 g/mol. The summed E-state index contributed by atoms with van der Waals surface area (Å²) in [6.45, 7) is 0. The molecule has 0 N–H and O–H groups in total. The van der Waals surface area contributed by atoms with Gasteiger partial charge < -0.3 is 4.90 Å². The number of para-hydroxylation sites is 2. The van der Waals surface area contributed by atoms with Gasteiger partial charge in [-0.15, -0.1) is 0 Å². The summed E-state index contributed by atoms with van der Waals surface area (Å²) in [4.78, 5) is 12.1. The molecule has 1 aliphatic heterocycles. The number of hydrogen-bond acceptors (Lipinski definition) is 3. The van der Waals surface area contributed by atoms with Gasteiger partial charge in [0.1, 0.15) is 5.82 Å². The van der Waals surface area contributed by atoms with E-state index in [1.165, 1.54) is 44.2 Å². The van der Waals surface area contributed by atoms with Crippen LogP contribution >= 0.6 is 0 Å². The first-order chi connectivity index (χ1) is 25.3. The van der Waals surface area contributed by atoms with Crippen molar-refractivity contribution in [1.82, 2.24) is 14.5 Å². The first kappa shape index (κ1) is 28.1. The van der Waals surface area contributed by atoms with E-state index in [9.17, 15) is 0 Å². The number of benzene rings is 6. The minimum absolute atomic E-state index is 0.495. The van der Waals surface area contributed by atoms with E-state index in [0.717, 1.165) is 45.2 Å². The van der Waals surface area contributed by atoms with Crippen molar-refractivity contribution in [2.75, 3.05) is 4.90 Å². The zero-order chi connectivity index (χ0) is 33.5. The summed E-state index contributed by atoms with van der Waals surface area (Å²) >= 11 is 0. The minimum Gasteiger partial charge on any atom is -0.310 e. The second-order valence-corrected chi connectivity index (χ2v) is 13.4. The zero-order valence-electron chi connectivity index (χ0n) is 27.6. The first-order valence-electron chi connectivity index (χ1n) is 17.4. The predicted molar refractivity (Wildman–Crippen MR) is 207 cm³/mol. The van der Waals surface area contributed by atoms with Gasteiger partial charge in [-0.05, 0) is 88.0 Å². The van der Waals surface area contributed by atoms with Crippen LogP contribution in [0.5, 0.6) is 0 Å². The maximum atomic E-state index is 4.81. The van der Waals surface area contributed by atoms with Gasteiger partial charge in [-0.3, -0.25) is 9.55 Å². The smallest absolute Gasteiger partial charge is 0.137 e. The Bertz CT molecular complexity index is 2770. The van der Waals surface area contributed by atoms with Crippen LogP contribution in [-0.4, -0.2) is 14.5 Å². The van der Waals surface area contributed by atoms with Gasteiger partial charge in [-0.2, -0.15) is 0 Å². The van der Waals surface area contributed by atoms with Crippen LogP contribution in [0, 0.1) is 0 Å². The van der Waals surface area contributed by atoms with E-state index in [1.807, 2.05) is 24.5 Å². The monoisotopic (exact) mass is 650 g/mol. The second kappa shape index (κ2) is 10.6. The van der Waals surface area contributed by atoms with Gasteiger partial charge in [0.2, 0.25) is 0 Å². The maximum Gasteiger partial charge on any atom is 0.137 e. The molecule has 4 heterocycles. The lowest BCUT2D eigenvalue weighted by Crippen LogP contribution is -2.36. The number of pyridine rings is 2. The van der Waals surface area contributed by atoms with Gasteiger partial charge in [0.25, 0.3) is 0 Å². The molecule has 3 aromatic heterocycles. The van der Waals surface area contributed by atoms with Gasteiger partial charge in [0, 0.05) is 34.4 Å². The highest BCUT2D eigenvalue weighted by Gasteiger charge is 2.51. The van der Waals surface area contributed by atoms with Gasteiger partial charge in [0.05, 0.1) is 33.5 Å². The van der Waals surface area contributed by atoms with Gasteiger partial charge in [0.15, 0.2) is 0 Å². The maximum absolute atomic E-state index is 4.81. The number of anilines is 3. The molecular formula is C47H30N4. The first-order valence-corrected chi connectivity index (χ1v) is 17.4. The molecule has 0 fully saturated rings. The highest BCUT2D eigenvalue weighted by molar-refractivity contribution is 6.10. The van der Waals surface area contributed by atoms with E-state index < -0.39 is 5.41 Å². The second-order valence-electron chi connectivity index (χ2n) is 13.4. The SMILES string of the molecule is c1ccc(-c2ccc3c(c2)N(c2ccc4c5ccccc5n(-c5ccccn5)c4c2)c2ccccc2C32c3ccccc3-c3ccccc32)nc1. The summed E-state index contributed by atoms with van der Waals surface area (Å²) in [6, 6.07) is 61.6. The molecule has 238 valence electrons. The highest BCUT2D eigenvalue weighted by Crippen LogP contribution is 2.63. The molecule has 0 atom stereocenters. The molecule has 0 unspecified atom stereocenters. The number of hydrogen-bond donors (Lipinski definition) is 0. The van der Waals surface area contributed by atoms with Crippen LogP contribution in [0.4, 0.5) is 17.1 Å². The third-order valence-electron chi connectivity index (χ3n) is 10.9. The number of nitrogens with zero attached hydrogens (tertiary/aromatic N) is 4. The molecule has 0 saturated heterocycles. The van der Waals surface area contributed by atoms with E-state index >= 15 is 0 Å². The van der Waals surface area contributed by atoms with Crippen molar-refractivity contribution >= 4 is 38.9 Å². The van der Waals surface area contributed by atoms with Crippen LogP contribution in [0.25, 0.3) is 50.0 Å². The van der Waals surface area contributed by atoms with E-state index in [4.69, 9.17) is 9.97 Å². The summed E-state index contributed by atoms with van der Waals surface area (Å²) in [6.07, 6.45) is 3.74. The van der Waals surface area contributed by atoms with E-state index in [-0.39, 0.29) is 0 Å². The van der Waals surface area contributed by atoms with Crippen molar-refractivity contribution in [1.29, 1.82) is 0 Å². The van der Waals surface area contributed by atoms with Crippen LogP contribution < -0.4 is 4.90 Å². The fraction of sp³-hybridized carbons (Fsp3) is 0.0213. The van der Waals surface area contributed by atoms with Crippen LogP contribution in [0.3, 0.4) is 0 Å². The van der Waals surface area contributed by atoms with Crippen LogP contribution in [0.15, 0.2) is 182 Å². The molecule has 4 nitrogen and oxygen atoms in total. The third-order valence-corrected chi connectivity index (χ3v) is 10.9. The molecule has 6 aromatic carbocycles. The Kier molecular flexibility index (Phi) is 5.84. The molecule has 0 amide bonds. The Balaban J connectivity index is 1.25. The topological polar surface area (TPSA) is 34.0 Å². The lowest BCUT2D eigenvalue weighted by atomic mass is 9.64. The largest absolute Gasteiger partial charge is 0.310 e. The number of fused-ring (bicyclic) bond motifs is 12. The molecule has 11 rings (SSSR count). The number of aromatic nitrogens is 3. The summed E-state index contributed by atoms with van der Waals surface area (Å²) in [5.74, 6) is 0.899. The van der Waals surface area contributed by atoms with Crippen LogP contribution in [0.2, 0.25) is 0 Å². The Hall–Kier alpha value is -6.78. The van der Waals surface area contributed by atoms with E-state index in [0.29, 0.717) is 0 Å². The van der Waals surface area contributed by atoms with Crippen molar-refractivity contribution in [3.63, 3.8) is 0 Å². The van der Waals surface area contributed by atoms with E-state index in [2.05, 4.69) is 167 Å². The fourth-order valence-electron chi connectivity index (χ4n) is 8.91. The standard InChI is InChI=1S/C47H30N4/c1-4-16-37-33(13-1)34-14-2-5-17-38(34)47(37)39-18-6-8-21-43(39)50(45-29-31(23-26-40(45)47)41-19-9-11-27-48-41)32-24-25-36-35-15-3-7-20-42(35)51(44(36)30-32)46-22-10-12-28-49-46/h1-30H. The lowest BCUT2D eigenvalue weighted by Gasteiger charge is -2.45. The zero-order valence-corrected chi connectivity index (χ0v) is 27.6. The van der Waals surface area contributed by atoms with Crippen molar-refractivity contribution in [2.24, 2.45) is 0 Å². The van der Waals surface area contributed by atoms with Crippen molar-refractivity contribution in [3.8, 4) is 28.2 Å². The molecule has 51 heavy (non-hydrogen) atoms. The molecule has 0 saturated carbocycles. The molecule has 0 bridgehead atoms. The quantitative estimate of drug-likeness (QED) is 0.191.